The van der Waals surface area contributed by atoms with Crippen LogP contribution in [0.3, 0.4) is 0 Å². The van der Waals surface area contributed by atoms with E-state index in [0.29, 0.717) is 35.4 Å². The summed E-state index contributed by atoms with van der Waals surface area (Å²) in [5.41, 5.74) is 1.72. The predicted octanol–water partition coefficient (Wildman–Crippen LogP) is 5.54. The lowest BCUT2D eigenvalue weighted by Gasteiger charge is -2.09. The van der Waals surface area contributed by atoms with Gasteiger partial charge in [-0.15, -0.1) is 0 Å². The Morgan fingerprint density at radius 2 is 1.83 bits per heavy atom. The molecule has 0 radical (unpaired) electrons. The third-order valence-electron chi connectivity index (χ3n) is 4.28. The summed E-state index contributed by atoms with van der Waals surface area (Å²) in [7, 11) is 0. The Hall–Kier alpha value is -2.93. The highest BCUT2D eigenvalue weighted by Gasteiger charge is 2.13. The Balaban J connectivity index is 1.65. The number of anilines is 1. The number of fused-ring (bicyclic) bond motifs is 1. The van der Waals surface area contributed by atoms with Crippen LogP contribution in [0, 0.1) is 5.92 Å². The van der Waals surface area contributed by atoms with Crippen molar-refractivity contribution >= 4 is 38.6 Å². The molecule has 30 heavy (non-hydrogen) atoms. The van der Waals surface area contributed by atoms with Crippen molar-refractivity contribution in [2.75, 3.05) is 18.5 Å². The smallest absolute Gasteiger partial charge is 0.338 e. The fourth-order valence-electron chi connectivity index (χ4n) is 2.63. The number of hydrogen-bond donors (Lipinski definition) is 1. The number of aromatic nitrogens is 1. The van der Waals surface area contributed by atoms with Gasteiger partial charge in [0.25, 0.3) is 5.91 Å². The number of ether oxygens (including phenoxy) is 2. The molecule has 6 nitrogen and oxygen atoms in total. The molecule has 1 amide bonds. The summed E-state index contributed by atoms with van der Waals surface area (Å²) in [5, 5.41) is 3.30. The highest BCUT2D eigenvalue weighted by atomic mass is 32.1. The Bertz CT molecular complexity index is 1010. The highest BCUT2D eigenvalue weighted by Crippen LogP contribution is 2.27. The first-order valence-corrected chi connectivity index (χ1v) is 10.9. The number of nitrogens with one attached hydrogen (secondary N) is 1. The second-order valence-electron chi connectivity index (χ2n) is 7.37. The number of amides is 1. The van der Waals surface area contributed by atoms with Crippen molar-refractivity contribution in [2.45, 2.75) is 33.6 Å². The van der Waals surface area contributed by atoms with E-state index in [1.165, 1.54) is 11.3 Å². The topological polar surface area (TPSA) is 77.5 Å². The van der Waals surface area contributed by atoms with E-state index in [1.807, 2.05) is 6.92 Å². The fraction of sp³-hybridized carbons (Fsp3) is 0.348. The first-order chi connectivity index (χ1) is 14.5. The molecule has 7 heteroatoms. The minimum Gasteiger partial charge on any atom is -0.493 e. The van der Waals surface area contributed by atoms with Gasteiger partial charge in [-0.2, -0.15) is 0 Å². The van der Waals surface area contributed by atoms with Gasteiger partial charge in [0.05, 0.1) is 29.0 Å². The summed E-state index contributed by atoms with van der Waals surface area (Å²) in [6.07, 6.45) is 1.81. The average molecular weight is 427 g/mol. The van der Waals surface area contributed by atoms with E-state index in [2.05, 4.69) is 24.1 Å². The molecule has 0 bridgehead atoms. The minimum absolute atomic E-state index is 0.247. The molecule has 0 spiro atoms. The van der Waals surface area contributed by atoms with E-state index in [0.717, 1.165) is 28.8 Å². The van der Waals surface area contributed by atoms with Crippen molar-refractivity contribution in [2.24, 2.45) is 5.92 Å². The van der Waals surface area contributed by atoms with Gasteiger partial charge >= 0.3 is 5.97 Å². The number of unbranched alkanes of at least 4 members (excludes halogenated alkanes) is 1. The van der Waals surface area contributed by atoms with Crippen molar-refractivity contribution in [3.8, 4) is 5.75 Å². The number of benzene rings is 2. The van der Waals surface area contributed by atoms with Crippen LogP contribution in [0.25, 0.3) is 10.2 Å². The zero-order valence-corrected chi connectivity index (χ0v) is 18.3. The van der Waals surface area contributed by atoms with Gasteiger partial charge in [0, 0.05) is 5.56 Å². The van der Waals surface area contributed by atoms with Gasteiger partial charge in [0.1, 0.15) is 5.75 Å². The first-order valence-electron chi connectivity index (χ1n) is 10.1. The molecule has 0 aliphatic carbocycles. The van der Waals surface area contributed by atoms with Crippen LogP contribution in [0.5, 0.6) is 5.75 Å². The van der Waals surface area contributed by atoms with Gasteiger partial charge in [0.15, 0.2) is 5.13 Å². The van der Waals surface area contributed by atoms with Crippen molar-refractivity contribution < 1.29 is 19.1 Å². The summed E-state index contributed by atoms with van der Waals surface area (Å²) in [4.78, 5) is 29.1. The molecule has 1 heterocycles. The fourth-order valence-corrected chi connectivity index (χ4v) is 3.53. The maximum absolute atomic E-state index is 12.5. The van der Waals surface area contributed by atoms with Crippen LogP contribution in [-0.4, -0.2) is 30.1 Å². The Morgan fingerprint density at radius 1 is 1.10 bits per heavy atom. The summed E-state index contributed by atoms with van der Waals surface area (Å²) in [6.45, 7) is 7.25. The number of hydrogen-bond acceptors (Lipinski definition) is 6. The van der Waals surface area contributed by atoms with Gasteiger partial charge in [-0.1, -0.05) is 38.5 Å². The van der Waals surface area contributed by atoms with Gasteiger partial charge < -0.3 is 9.47 Å². The van der Waals surface area contributed by atoms with E-state index >= 15 is 0 Å². The molecule has 0 unspecified atom stereocenters. The van der Waals surface area contributed by atoms with Gasteiger partial charge in [0.2, 0.25) is 0 Å². The number of rotatable bonds is 9. The zero-order valence-electron chi connectivity index (χ0n) is 17.4. The second-order valence-corrected chi connectivity index (χ2v) is 8.40. The van der Waals surface area contributed by atoms with Crippen molar-refractivity contribution in [3.63, 3.8) is 0 Å². The summed E-state index contributed by atoms with van der Waals surface area (Å²) in [6, 6.07) is 12.2. The summed E-state index contributed by atoms with van der Waals surface area (Å²) >= 11 is 1.32. The van der Waals surface area contributed by atoms with E-state index in [1.54, 1.807) is 42.5 Å². The number of carbonyl (C=O) groups is 2. The van der Waals surface area contributed by atoms with Crippen molar-refractivity contribution in [3.05, 3.63) is 53.6 Å². The predicted molar refractivity (Wildman–Crippen MR) is 120 cm³/mol. The molecule has 0 saturated heterocycles. The second kappa shape index (κ2) is 10.2. The molecule has 1 aromatic heterocycles. The quantitative estimate of drug-likeness (QED) is 0.359. The molecule has 0 aliphatic heterocycles. The van der Waals surface area contributed by atoms with E-state index in [9.17, 15) is 9.59 Å². The zero-order chi connectivity index (χ0) is 21.5. The molecule has 0 saturated carbocycles. The Labute approximate surface area is 180 Å². The minimum atomic E-state index is -0.343. The van der Waals surface area contributed by atoms with Crippen LogP contribution in [0.2, 0.25) is 0 Å². The number of carbonyl (C=O) groups excluding carboxylic acids is 2. The third kappa shape index (κ3) is 5.79. The van der Waals surface area contributed by atoms with Crippen LogP contribution in [0.15, 0.2) is 42.5 Å². The lowest BCUT2D eigenvalue weighted by molar-refractivity contribution is 0.0500. The molecule has 3 rings (SSSR count). The van der Waals surface area contributed by atoms with Crippen LogP contribution < -0.4 is 10.1 Å². The summed E-state index contributed by atoms with van der Waals surface area (Å²) < 4.78 is 11.7. The number of thiazole rings is 1. The molecular formula is C23H26N2O4S. The van der Waals surface area contributed by atoms with Crippen molar-refractivity contribution in [1.82, 2.24) is 4.98 Å². The average Bonchev–Trinajstić information content (AvgIpc) is 3.14. The largest absolute Gasteiger partial charge is 0.493 e. The van der Waals surface area contributed by atoms with Gasteiger partial charge in [-0.3, -0.25) is 10.1 Å². The monoisotopic (exact) mass is 426 g/mol. The molecule has 0 fully saturated rings. The molecule has 3 aromatic rings. The maximum Gasteiger partial charge on any atom is 0.338 e. The number of nitrogens with zero attached hydrogens (tertiary/aromatic N) is 1. The molecule has 1 N–H and O–H groups in total. The standard InChI is InChI=1S/C23H26N2O4S/c1-4-5-12-28-22(27)17-8-11-19-20(13-17)30-23(24-19)25-21(26)16-6-9-18(10-7-16)29-14-15(2)3/h6-11,13,15H,4-5,12,14H2,1-3H3,(H,24,25,26). The van der Waals surface area contributed by atoms with E-state index in [-0.39, 0.29) is 11.9 Å². The van der Waals surface area contributed by atoms with Gasteiger partial charge in [-0.05, 0) is 54.8 Å². The molecular weight excluding hydrogens is 400 g/mol. The molecule has 158 valence electrons. The lowest BCUT2D eigenvalue weighted by atomic mass is 10.2. The first kappa shape index (κ1) is 21.8. The van der Waals surface area contributed by atoms with Crippen molar-refractivity contribution in [1.29, 1.82) is 0 Å². The van der Waals surface area contributed by atoms with Crippen LogP contribution in [0.4, 0.5) is 5.13 Å². The van der Waals surface area contributed by atoms with Crippen LogP contribution >= 0.6 is 11.3 Å². The molecule has 0 atom stereocenters. The SMILES string of the molecule is CCCCOC(=O)c1ccc2nc(NC(=O)c3ccc(OCC(C)C)cc3)sc2c1. The highest BCUT2D eigenvalue weighted by molar-refractivity contribution is 7.22. The van der Waals surface area contributed by atoms with E-state index < -0.39 is 0 Å². The normalized spacial score (nSPS) is 10.9. The van der Waals surface area contributed by atoms with E-state index in [4.69, 9.17) is 9.47 Å². The number of esters is 1. The lowest BCUT2D eigenvalue weighted by Crippen LogP contribution is -2.11. The van der Waals surface area contributed by atoms with Crippen LogP contribution in [-0.2, 0) is 4.74 Å². The van der Waals surface area contributed by atoms with Crippen LogP contribution in [0.1, 0.15) is 54.3 Å². The molecule has 2 aromatic carbocycles. The third-order valence-corrected chi connectivity index (χ3v) is 5.21. The summed E-state index contributed by atoms with van der Waals surface area (Å²) in [5.74, 6) is 0.581. The molecule has 0 aliphatic rings. The maximum atomic E-state index is 12.5. The Kier molecular flexibility index (Phi) is 7.41. The van der Waals surface area contributed by atoms with Gasteiger partial charge in [-0.25, -0.2) is 9.78 Å². The Morgan fingerprint density at radius 3 is 2.53 bits per heavy atom.